The Labute approximate surface area is 135 Å². The Morgan fingerprint density at radius 3 is 2.71 bits per heavy atom. The molecule has 0 saturated carbocycles. The van der Waals surface area contributed by atoms with Crippen molar-refractivity contribution in [3.8, 4) is 6.07 Å². The summed E-state index contributed by atoms with van der Waals surface area (Å²) >= 11 is 7.98. The van der Waals surface area contributed by atoms with E-state index in [0.29, 0.717) is 17.1 Å². The summed E-state index contributed by atoms with van der Waals surface area (Å²) in [5.74, 6) is 1.17. The molecule has 2 bridgehead atoms. The molecule has 3 atom stereocenters. The summed E-state index contributed by atoms with van der Waals surface area (Å²) in [6.45, 7) is 1.14. The predicted molar refractivity (Wildman–Crippen MR) is 87.7 cm³/mol. The highest BCUT2D eigenvalue weighted by Gasteiger charge is 2.49. The van der Waals surface area contributed by atoms with Crippen LogP contribution in [0.25, 0.3) is 0 Å². The average Bonchev–Trinajstić information content (AvgIpc) is 2.74. The van der Waals surface area contributed by atoms with Gasteiger partial charge in [0.05, 0.1) is 16.5 Å². The van der Waals surface area contributed by atoms with Gasteiger partial charge < -0.3 is 0 Å². The molecule has 0 aromatic carbocycles. The average molecular weight is 322 g/mol. The van der Waals surface area contributed by atoms with E-state index in [-0.39, 0.29) is 0 Å². The van der Waals surface area contributed by atoms with E-state index in [1.165, 1.54) is 18.6 Å². The van der Waals surface area contributed by atoms with E-state index in [9.17, 15) is 5.26 Å². The normalized spacial score (nSPS) is 32.0. The lowest BCUT2D eigenvalue weighted by molar-refractivity contribution is 0.113. The van der Waals surface area contributed by atoms with Crippen LogP contribution in [0.3, 0.4) is 0 Å². The van der Waals surface area contributed by atoms with Crippen molar-refractivity contribution in [1.82, 2.24) is 9.88 Å². The van der Waals surface area contributed by atoms with Gasteiger partial charge >= 0.3 is 0 Å². The second kappa shape index (κ2) is 6.16. The molecule has 0 radical (unpaired) electrons. The Morgan fingerprint density at radius 1 is 1.43 bits per heavy atom. The summed E-state index contributed by atoms with van der Waals surface area (Å²) in [6.07, 6.45) is 9.88. The summed E-state index contributed by atoms with van der Waals surface area (Å²) in [4.78, 5) is 6.82. The number of hydrogen-bond acceptors (Lipinski definition) is 4. The summed E-state index contributed by atoms with van der Waals surface area (Å²) in [6, 6.07) is 5.61. The molecule has 0 aliphatic carbocycles. The van der Waals surface area contributed by atoms with Gasteiger partial charge in [0, 0.05) is 36.8 Å². The van der Waals surface area contributed by atoms with Crippen molar-refractivity contribution >= 4 is 23.4 Å². The van der Waals surface area contributed by atoms with Crippen LogP contribution in [0.2, 0.25) is 5.02 Å². The minimum Gasteiger partial charge on any atom is -0.296 e. The van der Waals surface area contributed by atoms with Crippen LogP contribution in [0.5, 0.6) is 0 Å². The van der Waals surface area contributed by atoms with Gasteiger partial charge in [0.2, 0.25) is 0 Å². The van der Waals surface area contributed by atoms with Gasteiger partial charge in [-0.25, -0.2) is 0 Å². The van der Waals surface area contributed by atoms with E-state index in [2.05, 4.69) is 22.2 Å². The molecule has 1 aromatic rings. The number of rotatable bonds is 4. The molecule has 21 heavy (non-hydrogen) atoms. The lowest BCUT2D eigenvalue weighted by Crippen LogP contribution is -2.49. The molecular weight excluding hydrogens is 302 g/mol. The largest absolute Gasteiger partial charge is 0.296 e. The van der Waals surface area contributed by atoms with E-state index in [0.717, 1.165) is 24.9 Å². The number of hydrogen-bond donors (Lipinski definition) is 0. The predicted octanol–water partition coefficient (Wildman–Crippen LogP) is 3.49. The van der Waals surface area contributed by atoms with Crippen LogP contribution in [0.15, 0.2) is 18.5 Å². The van der Waals surface area contributed by atoms with Gasteiger partial charge in [0.15, 0.2) is 0 Å². The Morgan fingerprint density at radius 2 is 2.14 bits per heavy atom. The number of nitrogens with zero attached hydrogens (tertiary/aromatic N) is 3. The first-order valence-electron chi connectivity index (χ1n) is 7.45. The molecule has 3 rings (SSSR count). The molecule has 2 fully saturated rings. The molecule has 2 saturated heterocycles. The molecule has 2 aliphatic heterocycles. The molecule has 1 aromatic heterocycles. The van der Waals surface area contributed by atoms with Crippen LogP contribution in [-0.2, 0) is 5.41 Å². The summed E-state index contributed by atoms with van der Waals surface area (Å²) in [5, 5.41) is 10.5. The van der Waals surface area contributed by atoms with Crippen molar-refractivity contribution in [3.63, 3.8) is 0 Å². The standard InChI is InChI=1S/C16H20ClN3S/c1-21-5-4-20-14-2-3-15(20)8-16(7-14,11-18)12-6-13(17)10-19-9-12/h6,9-10,14-15H,2-5,7-8H2,1H3/t14-,15+,16-. The van der Waals surface area contributed by atoms with Crippen LogP contribution in [0.1, 0.15) is 31.2 Å². The maximum atomic E-state index is 9.87. The van der Waals surface area contributed by atoms with Gasteiger partial charge in [-0.15, -0.1) is 0 Å². The van der Waals surface area contributed by atoms with Crippen molar-refractivity contribution in [2.45, 2.75) is 43.2 Å². The van der Waals surface area contributed by atoms with Gasteiger partial charge in [-0.3, -0.25) is 9.88 Å². The zero-order valence-corrected chi connectivity index (χ0v) is 13.8. The van der Waals surface area contributed by atoms with Gasteiger partial charge in [-0.05, 0) is 43.6 Å². The first-order valence-corrected chi connectivity index (χ1v) is 9.23. The van der Waals surface area contributed by atoms with Crippen LogP contribution < -0.4 is 0 Å². The van der Waals surface area contributed by atoms with Gasteiger partial charge in [-0.2, -0.15) is 17.0 Å². The minimum atomic E-state index is -0.403. The number of pyridine rings is 1. The van der Waals surface area contributed by atoms with Gasteiger partial charge in [0.25, 0.3) is 0 Å². The Hall–Kier alpha value is -0.760. The summed E-state index contributed by atoms with van der Waals surface area (Å²) in [5.41, 5.74) is 0.596. The highest BCUT2D eigenvalue weighted by Crippen LogP contribution is 2.47. The molecule has 5 heteroatoms. The number of thioether (sulfide) groups is 1. The molecule has 112 valence electrons. The SMILES string of the molecule is CSCCN1[C@@H]2CC[C@H]1C[C@](C#N)(c1cncc(Cl)c1)C2. The first kappa shape index (κ1) is 15.1. The Kier molecular flexibility index (Phi) is 4.44. The highest BCUT2D eigenvalue weighted by atomic mass is 35.5. The van der Waals surface area contributed by atoms with Crippen molar-refractivity contribution in [2.24, 2.45) is 0 Å². The molecule has 2 aliphatic rings. The fourth-order valence-electron chi connectivity index (χ4n) is 3.97. The van der Waals surface area contributed by atoms with Crippen LogP contribution in [0.4, 0.5) is 0 Å². The number of piperidine rings is 1. The first-order chi connectivity index (χ1) is 10.2. The summed E-state index contributed by atoms with van der Waals surface area (Å²) < 4.78 is 0. The number of fused-ring (bicyclic) bond motifs is 2. The van der Waals surface area contributed by atoms with Crippen molar-refractivity contribution < 1.29 is 0 Å². The maximum absolute atomic E-state index is 9.87. The third-order valence-corrected chi connectivity index (χ3v) is 5.76. The van der Waals surface area contributed by atoms with Crippen molar-refractivity contribution in [3.05, 3.63) is 29.0 Å². The molecule has 3 nitrogen and oxygen atoms in total. The van der Waals surface area contributed by atoms with E-state index in [1.807, 2.05) is 24.0 Å². The molecule has 0 spiro atoms. The Balaban J connectivity index is 1.86. The Bertz CT molecular complexity index is 543. The third kappa shape index (κ3) is 2.79. The van der Waals surface area contributed by atoms with Gasteiger partial charge in [0.1, 0.15) is 0 Å². The fourth-order valence-corrected chi connectivity index (χ4v) is 4.54. The molecule has 3 heterocycles. The van der Waals surface area contributed by atoms with E-state index < -0.39 is 5.41 Å². The lowest BCUT2D eigenvalue weighted by atomic mass is 9.71. The number of nitriles is 1. The molecular formula is C16H20ClN3S. The third-order valence-electron chi connectivity index (χ3n) is 4.96. The second-order valence-corrected chi connectivity index (χ2v) is 7.53. The fraction of sp³-hybridized carbons (Fsp3) is 0.625. The van der Waals surface area contributed by atoms with Crippen LogP contribution in [-0.4, -0.2) is 40.5 Å². The quantitative estimate of drug-likeness (QED) is 0.851. The smallest absolute Gasteiger partial charge is 0.0867 e. The molecule has 0 unspecified atom stereocenters. The van der Waals surface area contributed by atoms with E-state index in [4.69, 9.17) is 11.6 Å². The lowest BCUT2D eigenvalue weighted by Gasteiger charge is -2.43. The van der Waals surface area contributed by atoms with E-state index in [1.54, 1.807) is 6.20 Å². The molecule has 0 amide bonds. The van der Waals surface area contributed by atoms with Crippen LogP contribution in [0, 0.1) is 11.3 Å². The zero-order valence-electron chi connectivity index (χ0n) is 12.3. The highest BCUT2D eigenvalue weighted by molar-refractivity contribution is 7.98. The monoisotopic (exact) mass is 321 g/mol. The zero-order chi connectivity index (χ0) is 14.9. The van der Waals surface area contributed by atoms with E-state index >= 15 is 0 Å². The number of aromatic nitrogens is 1. The maximum Gasteiger partial charge on any atom is 0.0867 e. The van der Waals surface area contributed by atoms with Crippen molar-refractivity contribution in [1.29, 1.82) is 5.26 Å². The minimum absolute atomic E-state index is 0.403. The summed E-state index contributed by atoms with van der Waals surface area (Å²) in [7, 11) is 0. The van der Waals surface area contributed by atoms with Crippen molar-refractivity contribution in [2.75, 3.05) is 18.6 Å². The topological polar surface area (TPSA) is 39.9 Å². The number of halogens is 1. The van der Waals surface area contributed by atoms with Crippen LogP contribution >= 0.6 is 23.4 Å². The van der Waals surface area contributed by atoms with Gasteiger partial charge in [-0.1, -0.05) is 11.6 Å². The second-order valence-electron chi connectivity index (χ2n) is 6.11. The molecule has 0 N–H and O–H groups in total.